The van der Waals surface area contributed by atoms with Gasteiger partial charge in [-0.05, 0) is 31.7 Å². The zero-order valence-electron chi connectivity index (χ0n) is 15.3. The van der Waals surface area contributed by atoms with E-state index in [-0.39, 0.29) is 23.9 Å². The maximum absolute atomic E-state index is 12.6. The molecule has 0 radical (unpaired) electrons. The zero-order valence-corrected chi connectivity index (χ0v) is 15.3. The van der Waals surface area contributed by atoms with E-state index in [1.807, 2.05) is 13.8 Å². The van der Waals surface area contributed by atoms with Crippen LogP contribution in [0.25, 0.3) is 0 Å². The Morgan fingerprint density at radius 1 is 1.12 bits per heavy atom. The predicted octanol–water partition coefficient (Wildman–Crippen LogP) is 1.73. The number of nitrogens with one attached hydrogen (secondary N) is 4. The van der Waals surface area contributed by atoms with Gasteiger partial charge < -0.3 is 15.6 Å². The van der Waals surface area contributed by atoms with Gasteiger partial charge >= 0.3 is 0 Å². The van der Waals surface area contributed by atoms with Crippen LogP contribution in [0.1, 0.15) is 71.9 Å². The number of imidazole rings is 1. The predicted molar refractivity (Wildman–Crippen MR) is 96.9 cm³/mol. The number of hydrogen-bond donors (Lipinski definition) is 4. The topological polar surface area (TPSA) is 116 Å². The van der Waals surface area contributed by atoms with Gasteiger partial charge in [-0.2, -0.15) is 5.10 Å². The summed E-state index contributed by atoms with van der Waals surface area (Å²) >= 11 is 0. The van der Waals surface area contributed by atoms with Crippen LogP contribution in [0.4, 0.5) is 0 Å². The minimum Gasteiger partial charge on any atom is -0.348 e. The van der Waals surface area contributed by atoms with Gasteiger partial charge in [0.05, 0.1) is 6.33 Å². The summed E-state index contributed by atoms with van der Waals surface area (Å²) in [6, 6.07) is 1.56. The molecule has 8 heteroatoms. The molecule has 0 saturated heterocycles. The Balaban J connectivity index is 1.65. The third-order valence-corrected chi connectivity index (χ3v) is 4.93. The van der Waals surface area contributed by atoms with Gasteiger partial charge in [0.2, 0.25) is 0 Å². The first kappa shape index (κ1) is 18.2. The van der Waals surface area contributed by atoms with E-state index in [0.717, 1.165) is 43.5 Å². The summed E-state index contributed by atoms with van der Waals surface area (Å²) in [5, 5.41) is 13.0. The Hall–Kier alpha value is -2.64. The number of aromatic nitrogens is 4. The molecule has 2 aromatic heterocycles. The van der Waals surface area contributed by atoms with Gasteiger partial charge in [-0.15, -0.1) is 0 Å². The van der Waals surface area contributed by atoms with Crippen LogP contribution in [0.2, 0.25) is 0 Å². The molecule has 0 unspecified atom stereocenters. The van der Waals surface area contributed by atoms with E-state index < -0.39 is 0 Å². The van der Waals surface area contributed by atoms with E-state index in [1.54, 1.807) is 6.07 Å². The van der Waals surface area contributed by atoms with Crippen molar-refractivity contribution in [2.75, 3.05) is 0 Å². The first-order chi connectivity index (χ1) is 12.6. The number of aromatic amines is 2. The van der Waals surface area contributed by atoms with Crippen molar-refractivity contribution in [3.8, 4) is 0 Å². The number of aryl methyl sites for hydroxylation is 2. The molecule has 140 valence electrons. The highest BCUT2D eigenvalue weighted by atomic mass is 16.2. The van der Waals surface area contributed by atoms with Gasteiger partial charge in [0, 0.05) is 23.5 Å². The Morgan fingerprint density at radius 3 is 2.42 bits per heavy atom. The molecule has 1 fully saturated rings. The third kappa shape index (κ3) is 3.95. The summed E-state index contributed by atoms with van der Waals surface area (Å²) in [7, 11) is 0. The van der Waals surface area contributed by atoms with E-state index in [9.17, 15) is 9.59 Å². The van der Waals surface area contributed by atoms with Crippen LogP contribution in [0.15, 0.2) is 12.4 Å². The summed E-state index contributed by atoms with van der Waals surface area (Å²) < 4.78 is 0. The molecule has 1 aliphatic carbocycles. The lowest BCUT2D eigenvalue weighted by atomic mass is 9.90. The summed E-state index contributed by atoms with van der Waals surface area (Å²) in [6.07, 6.45) is 6.78. The molecule has 3 rings (SSSR count). The quantitative estimate of drug-likeness (QED) is 0.629. The van der Waals surface area contributed by atoms with Gasteiger partial charge in [0.15, 0.2) is 0 Å². The van der Waals surface area contributed by atoms with Crippen molar-refractivity contribution >= 4 is 11.8 Å². The Kier molecular flexibility index (Phi) is 5.70. The Bertz CT molecular complexity index is 765. The highest BCUT2D eigenvalue weighted by molar-refractivity contribution is 5.94. The van der Waals surface area contributed by atoms with Crippen molar-refractivity contribution in [3.05, 3.63) is 35.2 Å². The fourth-order valence-corrected chi connectivity index (χ4v) is 3.40. The maximum atomic E-state index is 12.6. The zero-order chi connectivity index (χ0) is 18.5. The molecule has 0 aromatic carbocycles. The molecule has 2 atom stereocenters. The van der Waals surface area contributed by atoms with Crippen LogP contribution in [0.5, 0.6) is 0 Å². The number of nitrogens with zero attached hydrogens (tertiary/aromatic N) is 2. The number of carbonyl (C=O) groups is 2. The summed E-state index contributed by atoms with van der Waals surface area (Å²) in [6.45, 7) is 3.98. The average molecular weight is 358 g/mol. The normalized spacial score (nSPS) is 19.9. The van der Waals surface area contributed by atoms with Crippen LogP contribution < -0.4 is 10.6 Å². The lowest BCUT2D eigenvalue weighted by molar-refractivity contribution is 0.0857. The number of carbonyl (C=O) groups excluding carboxylic acids is 2. The SMILES string of the molecule is CCc1cc(C(=O)N[C@@H]2CCCC[C@H]2NC(=O)c2nc[nH]c2CC)n[nH]1. The van der Waals surface area contributed by atoms with Gasteiger partial charge in [-0.25, -0.2) is 4.98 Å². The second kappa shape index (κ2) is 8.16. The minimum atomic E-state index is -0.207. The van der Waals surface area contributed by atoms with Gasteiger partial charge in [-0.3, -0.25) is 14.7 Å². The first-order valence-corrected chi connectivity index (χ1v) is 9.30. The Labute approximate surface area is 152 Å². The lowest BCUT2D eigenvalue weighted by Crippen LogP contribution is -2.53. The molecule has 1 aliphatic rings. The second-order valence-corrected chi connectivity index (χ2v) is 6.66. The van der Waals surface area contributed by atoms with E-state index >= 15 is 0 Å². The number of rotatable bonds is 6. The average Bonchev–Trinajstić information content (AvgIpc) is 3.32. The lowest BCUT2D eigenvalue weighted by Gasteiger charge is -2.32. The third-order valence-electron chi connectivity index (χ3n) is 4.93. The van der Waals surface area contributed by atoms with Crippen LogP contribution in [-0.2, 0) is 12.8 Å². The number of hydrogen-bond acceptors (Lipinski definition) is 4. The van der Waals surface area contributed by atoms with Crippen molar-refractivity contribution in [2.45, 2.75) is 64.5 Å². The molecular weight excluding hydrogens is 332 g/mol. The van der Waals surface area contributed by atoms with E-state index in [0.29, 0.717) is 17.8 Å². The Morgan fingerprint density at radius 2 is 1.81 bits per heavy atom. The number of amides is 2. The molecule has 8 nitrogen and oxygen atoms in total. The summed E-state index contributed by atoms with van der Waals surface area (Å²) in [5.41, 5.74) is 2.57. The largest absolute Gasteiger partial charge is 0.348 e. The van der Waals surface area contributed by atoms with Crippen molar-refractivity contribution in [2.24, 2.45) is 0 Å². The summed E-state index contributed by atoms with van der Waals surface area (Å²) in [4.78, 5) is 32.2. The fraction of sp³-hybridized carbons (Fsp3) is 0.556. The van der Waals surface area contributed by atoms with Gasteiger partial charge in [-0.1, -0.05) is 26.7 Å². The minimum absolute atomic E-state index is 0.105. The monoisotopic (exact) mass is 358 g/mol. The van der Waals surface area contributed by atoms with Crippen LogP contribution in [0, 0.1) is 0 Å². The molecule has 2 amide bonds. The molecule has 2 heterocycles. The molecule has 1 saturated carbocycles. The molecule has 26 heavy (non-hydrogen) atoms. The standard InChI is InChI=1S/C18H26N6O2/c1-3-11-9-15(24-23-11)17(25)21-13-7-5-6-8-14(13)22-18(26)16-12(4-2)19-10-20-16/h9-10,13-14H,3-8H2,1-2H3,(H,19,20)(H,21,25)(H,22,26)(H,23,24)/t13-,14-/m1/s1. The number of H-pyrrole nitrogens is 2. The smallest absolute Gasteiger partial charge is 0.272 e. The molecule has 0 bridgehead atoms. The molecule has 0 spiro atoms. The van der Waals surface area contributed by atoms with Crippen LogP contribution in [0.3, 0.4) is 0 Å². The maximum Gasteiger partial charge on any atom is 0.272 e. The highest BCUT2D eigenvalue weighted by Crippen LogP contribution is 2.20. The van der Waals surface area contributed by atoms with E-state index in [2.05, 4.69) is 30.8 Å². The van der Waals surface area contributed by atoms with E-state index in [4.69, 9.17) is 0 Å². The first-order valence-electron chi connectivity index (χ1n) is 9.30. The van der Waals surface area contributed by atoms with Crippen molar-refractivity contribution < 1.29 is 9.59 Å². The van der Waals surface area contributed by atoms with Crippen LogP contribution in [-0.4, -0.2) is 44.1 Å². The van der Waals surface area contributed by atoms with Gasteiger partial charge in [0.25, 0.3) is 11.8 Å². The molecule has 2 aromatic rings. The van der Waals surface area contributed by atoms with Crippen molar-refractivity contribution in [1.29, 1.82) is 0 Å². The highest BCUT2D eigenvalue weighted by Gasteiger charge is 2.29. The van der Waals surface area contributed by atoms with Crippen molar-refractivity contribution in [3.63, 3.8) is 0 Å². The van der Waals surface area contributed by atoms with E-state index in [1.165, 1.54) is 6.33 Å². The molecular formula is C18H26N6O2. The molecule has 0 aliphatic heterocycles. The second-order valence-electron chi connectivity index (χ2n) is 6.66. The van der Waals surface area contributed by atoms with Crippen molar-refractivity contribution in [1.82, 2.24) is 30.8 Å². The fourth-order valence-electron chi connectivity index (χ4n) is 3.40. The van der Waals surface area contributed by atoms with Crippen LogP contribution >= 0.6 is 0 Å². The van der Waals surface area contributed by atoms with Gasteiger partial charge in [0.1, 0.15) is 11.4 Å². The summed E-state index contributed by atoms with van der Waals surface area (Å²) in [5.74, 6) is -0.400. The molecule has 4 N–H and O–H groups in total.